The van der Waals surface area contributed by atoms with E-state index in [1.807, 2.05) is 49.4 Å². The fourth-order valence-electron chi connectivity index (χ4n) is 3.17. The summed E-state index contributed by atoms with van der Waals surface area (Å²) >= 11 is 0.996. The van der Waals surface area contributed by atoms with Gasteiger partial charge in [-0.25, -0.2) is 4.68 Å². The van der Waals surface area contributed by atoms with E-state index >= 15 is 0 Å². The van der Waals surface area contributed by atoms with E-state index in [1.165, 1.54) is 4.68 Å². The number of ether oxygens (including phenoxy) is 1. The van der Waals surface area contributed by atoms with E-state index in [0.29, 0.717) is 35.6 Å². The molecule has 0 atom stereocenters. The summed E-state index contributed by atoms with van der Waals surface area (Å²) in [6.07, 6.45) is 0.463. The number of H-pyrrole nitrogens is 1. The van der Waals surface area contributed by atoms with Crippen molar-refractivity contribution in [3.8, 4) is 11.6 Å². The Bertz CT molecular complexity index is 1270. The van der Waals surface area contributed by atoms with Crippen LogP contribution in [0.25, 0.3) is 10.8 Å². The molecule has 0 unspecified atom stereocenters. The molecule has 2 aromatic heterocycles. The van der Waals surface area contributed by atoms with Gasteiger partial charge >= 0.3 is 4.87 Å². The van der Waals surface area contributed by atoms with Crippen molar-refractivity contribution in [1.29, 1.82) is 0 Å². The topological polar surface area (TPSA) is 97.2 Å². The average Bonchev–Trinajstić information content (AvgIpc) is 3.04. The zero-order valence-electron chi connectivity index (χ0n) is 15.7. The highest BCUT2D eigenvalue weighted by molar-refractivity contribution is 7.09. The van der Waals surface area contributed by atoms with E-state index in [4.69, 9.17) is 4.74 Å². The maximum atomic E-state index is 12.6. The largest absolute Gasteiger partial charge is 0.494 e. The first-order valence-corrected chi connectivity index (χ1v) is 9.92. The average molecular weight is 409 g/mol. The van der Waals surface area contributed by atoms with Crippen LogP contribution in [0.3, 0.4) is 0 Å². The minimum absolute atomic E-state index is 0.0797. The summed E-state index contributed by atoms with van der Waals surface area (Å²) in [4.78, 5) is 26.5. The highest BCUT2D eigenvalue weighted by Crippen LogP contribution is 2.21. The lowest BCUT2D eigenvalue weighted by molar-refractivity contribution is 0.288. The van der Waals surface area contributed by atoms with Crippen molar-refractivity contribution >= 4 is 22.1 Å². The van der Waals surface area contributed by atoms with Crippen LogP contribution in [0.5, 0.6) is 11.6 Å². The summed E-state index contributed by atoms with van der Waals surface area (Å²) in [7, 11) is 0. The maximum Gasteiger partial charge on any atom is 0.307 e. The molecule has 2 N–H and O–H groups in total. The zero-order valence-corrected chi connectivity index (χ0v) is 16.5. The van der Waals surface area contributed by atoms with Gasteiger partial charge in [0.05, 0.1) is 22.5 Å². The molecule has 0 aliphatic carbocycles. The molecule has 0 saturated carbocycles. The highest BCUT2D eigenvalue weighted by atomic mass is 32.1. The molecule has 2 aromatic carbocycles. The van der Waals surface area contributed by atoms with E-state index in [1.54, 1.807) is 6.07 Å². The van der Waals surface area contributed by atoms with Crippen molar-refractivity contribution in [2.75, 3.05) is 6.61 Å². The van der Waals surface area contributed by atoms with Gasteiger partial charge in [-0.2, -0.15) is 5.10 Å². The number of aromatic amines is 1. The van der Waals surface area contributed by atoms with E-state index in [0.717, 1.165) is 28.0 Å². The van der Waals surface area contributed by atoms with Gasteiger partial charge in [0, 0.05) is 11.8 Å². The van der Waals surface area contributed by atoms with Crippen LogP contribution in [0, 0.1) is 6.92 Å². The Labute approximate surface area is 169 Å². The number of hydrogen-bond acceptors (Lipinski definition) is 6. The van der Waals surface area contributed by atoms with Gasteiger partial charge in [0.25, 0.3) is 5.56 Å². The normalized spacial score (nSPS) is 11.1. The van der Waals surface area contributed by atoms with Crippen LogP contribution < -0.4 is 15.2 Å². The third kappa shape index (κ3) is 4.07. The monoisotopic (exact) mass is 409 g/mol. The quantitative estimate of drug-likeness (QED) is 0.510. The molecule has 0 spiro atoms. The van der Waals surface area contributed by atoms with Crippen molar-refractivity contribution in [2.24, 2.45) is 0 Å². The third-order valence-electron chi connectivity index (χ3n) is 4.61. The number of nitrogens with zero attached hydrogens (tertiary/aromatic N) is 2. The van der Waals surface area contributed by atoms with E-state index in [-0.39, 0.29) is 16.3 Å². The van der Waals surface area contributed by atoms with Gasteiger partial charge in [0.1, 0.15) is 12.4 Å². The molecule has 4 rings (SSSR count). The molecule has 7 nitrogen and oxygen atoms in total. The van der Waals surface area contributed by atoms with Gasteiger partial charge in [-0.1, -0.05) is 41.7 Å². The Morgan fingerprint density at radius 3 is 2.52 bits per heavy atom. The molecule has 4 aromatic rings. The molecule has 2 heterocycles. The summed E-state index contributed by atoms with van der Waals surface area (Å²) in [5, 5.41) is 15.6. The van der Waals surface area contributed by atoms with Gasteiger partial charge in [-0.3, -0.25) is 14.6 Å². The number of benzene rings is 2. The van der Waals surface area contributed by atoms with Crippen molar-refractivity contribution in [3.63, 3.8) is 0 Å². The Morgan fingerprint density at radius 2 is 1.83 bits per heavy atom. The molecule has 0 amide bonds. The summed E-state index contributed by atoms with van der Waals surface area (Å²) in [5.41, 5.74) is 1.63. The Hall–Kier alpha value is -3.39. The van der Waals surface area contributed by atoms with E-state index in [9.17, 15) is 14.7 Å². The first-order valence-electron chi connectivity index (χ1n) is 9.10. The fourth-order valence-corrected chi connectivity index (χ4v) is 3.92. The van der Waals surface area contributed by atoms with Crippen LogP contribution in [-0.2, 0) is 13.0 Å². The summed E-state index contributed by atoms with van der Waals surface area (Å²) < 4.78 is 7.18. The van der Waals surface area contributed by atoms with Gasteiger partial charge in [-0.05, 0) is 30.7 Å². The summed E-state index contributed by atoms with van der Waals surface area (Å²) in [5.74, 6) is 0.592. The number of rotatable bonds is 6. The third-order valence-corrected chi connectivity index (χ3v) is 5.48. The molecular weight excluding hydrogens is 390 g/mol. The van der Waals surface area contributed by atoms with Crippen LogP contribution in [0.4, 0.5) is 0 Å². The van der Waals surface area contributed by atoms with Gasteiger partial charge < -0.3 is 9.84 Å². The number of aryl methyl sites for hydroxylation is 1. The molecule has 0 bridgehead atoms. The fraction of sp³-hybridized carbons (Fsp3) is 0.190. The number of nitrogens with one attached hydrogen (secondary N) is 1. The standard InChI is InChI=1S/C21H19N3O4S/c1-13-16-4-2-3-5-17(16)20(26)24(23-13)10-11-28-15-8-6-14(7-9-15)12-18-19(25)22-21(27)29-18/h2-9,25H,10-12H2,1H3,(H,22,27). The second-order valence-corrected chi connectivity index (χ2v) is 7.68. The lowest BCUT2D eigenvalue weighted by Crippen LogP contribution is -2.26. The minimum Gasteiger partial charge on any atom is -0.494 e. The van der Waals surface area contributed by atoms with Crippen molar-refractivity contribution in [1.82, 2.24) is 14.8 Å². The molecule has 29 heavy (non-hydrogen) atoms. The predicted molar refractivity (Wildman–Crippen MR) is 112 cm³/mol. The second kappa shape index (κ2) is 7.92. The Kier molecular flexibility index (Phi) is 5.18. The van der Waals surface area contributed by atoms with Gasteiger partial charge in [0.2, 0.25) is 5.88 Å². The lowest BCUT2D eigenvalue weighted by atomic mass is 10.1. The number of thiazole rings is 1. The molecule has 0 radical (unpaired) electrons. The second-order valence-electron chi connectivity index (χ2n) is 6.61. The molecule has 0 fully saturated rings. The van der Waals surface area contributed by atoms with Crippen LogP contribution in [0.2, 0.25) is 0 Å². The van der Waals surface area contributed by atoms with Gasteiger partial charge in [-0.15, -0.1) is 0 Å². The van der Waals surface area contributed by atoms with Crippen LogP contribution >= 0.6 is 11.3 Å². The Balaban J connectivity index is 1.40. The van der Waals surface area contributed by atoms with Gasteiger partial charge in [0.15, 0.2) is 0 Å². The van der Waals surface area contributed by atoms with E-state index in [2.05, 4.69) is 10.1 Å². The Morgan fingerprint density at radius 1 is 1.10 bits per heavy atom. The smallest absolute Gasteiger partial charge is 0.307 e. The lowest BCUT2D eigenvalue weighted by Gasteiger charge is -2.10. The summed E-state index contributed by atoms with van der Waals surface area (Å²) in [6.45, 7) is 2.54. The zero-order chi connectivity index (χ0) is 20.4. The first kappa shape index (κ1) is 18.9. The van der Waals surface area contributed by atoms with E-state index < -0.39 is 0 Å². The van der Waals surface area contributed by atoms with Crippen LogP contribution in [0.1, 0.15) is 16.1 Å². The molecule has 0 aliphatic rings. The first-order chi connectivity index (χ1) is 14.0. The van der Waals surface area contributed by atoms with Crippen molar-refractivity contribution in [2.45, 2.75) is 19.9 Å². The minimum atomic E-state index is -0.273. The maximum absolute atomic E-state index is 12.6. The molecule has 0 aliphatic heterocycles. The van der Waals surface area contributed by atoms with Crippen LogP contribution in [-0.4, -0.2) is 26.5 Å². The number of aromatic nitrogens is 3. The molecule has 0 saturated heterocycles. The molecule has 148 valence electrons. The van der Waals surface area contributed by atoms with Crippen LogP contribution in [0.15, 0.2) is 58.1 Å². The highest BCUT2D eigenvalue weighted by Gasteiger charge is 2.09. The van der Waals surface area contributed by atoms with Crippen molar-refractivity contribution in [3.05, 3.63) is 84.7 Å². The summed E-state index contributed by atoms with van der Waals surface area (Å²) in [6, 6.07) is 14.8. The molecular formula is C21H19N3O4S. The number of hydrogen-bond donors (Lipinski definition) is 2. The number of aromatic hydroxyl groups is 1. The predicted octanol–water partition coefficient (Wildman–Crippen LogP) is 2.83. The SMILES string of the molecule is Cc1nn(CCOc2ccc(Cc3sc(=O)[nH]c3O)cc2)c(=O)c2ccccc12. The van der Waals surface area contributed by atoms with Crippen molar-refractivity contribution < 1.29 is 9.84 Å². The number of fused-ring (bicyclic) bond motifs is 1. The molecule has 8 heteroatoms.